The molecule has 0 radical (unpaired) electrons. The van der Waals surface area contributed by atoms with Crippen LogP contribution < -0.4 is 5.32 Å². The molecule has 42 heavy (non-hydrogen) atoms. The van der Waals surface area contributed by atoms with E-state index in [1.165, 1.54) is 6.92 Å². The molecule has 1 amide bonds. The second-order valence-electron chi connectivity index (χ2n) is 10.7. The quantitative estimate of drug-likeness (QED) is 0.231. The van der Waals surface area contributed by atoms with E-state index in [0.717, 1.165) is 46.5 Å². The average Bonchev–Trinajstić information content (AvgIpc) is 2.99. The van der Waals surface area contributed by atoms with Crippen molar-refractivity contribution in [3.05, 3.63) is 108 Å². The minimum Gasteiger partial charge on any atom is -0.453 e. The number of nitrogens with one attached hydrogen (secondary N) is 1. The van der Waals surface area contributed by atoms with Crippen LogP contribution in [-0.4, -0.2) is 54.2 Å². The Hall–Kier alpha value is -3.82. The summed E-state index contributed by atoms with van der Waals surface area (Å²) in [6.45, 7) is 8.48. The molecule has 2 N–H and O–H groups in total. The van der Waals surface area contributed by atoms with Crippen LogP contribution in [0, 0.1) is 0 Å². The molecular weight excluding hydrogens is 532 g/mol. The molecule has 8 nitrogen and oxygen atoms in total. The number of hydrogen-bond donors (Lipinski definition) is 2. The molecule has 0 spiro atoms. The molecule has 222 valence electrons. The lowest BCUT2D eigenvalue weighted by molar-refractivity contribution is -0.252. The Balaban J connectivity index is 1.52. The highest BCUT2D eigenvalue weighted by Gasteiger charge is 2.32. The maximum absolute atomic E-state index is 12.3. The van der Waals surface area contributed by atoms with E-state index in [9.17, 15) is 14.7 Å². The molecule has 4 rings (SSSR count). The van der Waals surface area contributed by atoms with Gasteiger partial charge in [-0.05, 0) is 53.9 Å². The molecule has 0 aliphatic carbocycles. The van der Waals surface area contributed by atoms with Crippen molar-refractivity contribution in [1.82, 2.24) is 10.2 Å². The van der Waals surface area contributed by atoms with Gasteiger partial charge in [0.1, 0.15) is 0 Å². The SMILES string of the molecule is C=CCN(C)C[C@@H]1C[C@H](c2ccc(CO)cc2)O[C@H](c2cccc(-c3cccc(CNC(=O)[C@H](C)OC(C)=O)c3)c2)O1. The molecule has 0 saturated carbocycles. The van der Waals surface area contributed by atoms with Gasteiger partial charge in [-0.15, -0.1) is 6.58 Å². The zero-order valence-corrected chi connectivity index (χ0v) is 24.5. The smallest absolute Gasteiger partial charge is 0.303 e. The average molecular weight is 573 g/mol. The fourth-order valence-corrected chi connectivity index (χ4v) is 5.04. The van der Waals surface area contributed by atoms with Crippen LogP contribution in [0.2, 0.25) is 0 Å². The first-order valence-corrected chi connectivity index (χ1v) is 14.2. The van der Waals surface area contributed by atoms with Crippen LogP contribution in [0.4, 0.5) is 0 Å². The third-order valence-electron chi connectivity index (χ3n) is 7.17. The molecule has 1 aliphatic rings. The molecule has 4 atom stereocenters. The highest BCUT2D eigenvalue weighted by atomic mass is 16.7. The number of ether oxygens (including phenoxy) is 3. The van der Waals surface area contributed by atoms with E-state index >= 15 is 0 Å². The van der Waals surface area contributed by atoms with Gasteiger partial charge < -0.3 is 29.5 Å². The summed E-state index contributed by atoms with van der Waals surface area (Å²) in [5.41, 5.74) is 5.73. The van der Waals surface area contributed by atoms with Crippen LogP contribution in [-0.2, 0) is 37.0 Å². The van der Waals surface area contributed by atoms with Gasteiger partial charge in [0.05, 0.1) is 18.8 Å². The molecule has 1 aliphatic heterocycles. The second-order valence-corrected chi connectivity index (χ2v) is 10.7. The molecule has 0 bridgehead atoms. The highest BCUT2D eigenvalue weighted by Crippen LogP contribution is 2.39. The largest absolute Gasteiger partial charge is 0.453 e. The maximum Gasteiger partial charge on any atom is 0.303 e. The Labute approximate surface area is 247 Å². The Morgan fingerprint density at radius 1 is 1.05 bits per heavy atom. The zero-order chi connectivity index (χ0) is 30.1. The number of carbonyl (C=O) groups excluding carboxylic acids is 2. The predicted molar refractivity (Wildman–Crippen MR) is 161 cm³/mol. The number of amides is 1. The maximum atomic E-state index is 12.3. The van der Waals surface area contributed by atoms with Crippen LogP contribution in [0.5, 0.6) is 0 Å². The van der Waals surface area contributed by atoms with E-state index < -0.39 is 18.4 Å². The van der Waals surface area contributed by atoms with E-state index in [0.29, 0.717) is 13.0 Å². The first kappa shape index (κ1) is 31.1. The third-order valence-corrected chi connectivity index (χ3v) is 7.17. The highest BCUT2D eigenvalue weighted by molar-refractivity contribution is 5.82. The van der Waals surface area contributed by atoms with Gasteiger partial charge in [0.2, 0.25) is 0 Å². The summed E-state index contributed by atoms with van der Waals surface area (Å²) in [6, 6.07) is 23.9. The van der Waals surface area contributed by atoms with E-state index in [-0.39, 0.29) is 24.7 Å². The van der Waals surface area contributed by atoms with Crippen LogP contribution in [0.1, 0.15) is 54.9 Å². The minimum absolute atomic E-state index is 0.000277. The van der Waals surface area contributed by atoms with Crippen molar-refractivity contribution in [2.24, 2.45) is 0 Å². The lowest BCUT2D eigenvalue weighted by atomic mass is 9.98. The van der Waals surface area contributed by atoms with Gasteiger partial charge in [-0.2, -0.15) is 0 Å². The Morgan fingerprint density at radius 3 is 2.45 bits per heavy atom. The number of esters is 1. The van der Waals surface area contributed by atoms with Crippen molar-refractivity contribution in [1.29, 1.82) is 0 Å². The van der Waals surface area contributed by atoms with Crippen molar-refractivity contribution in [3.8, 4) is 11.1 Å². The van der Waals surface area contributed by atoms with Crippen molar-refractivity contribution < 1.29 is 28.9 Å². The predicted octanol–water partition coefficient (Wildman–Crippen LogP) is 5.08. The van der Waals surface area contributed by atoms with Crippen molar-refractivity contribution >= 4 is 11.9 Å². The number of nitrogens with zero attached hydrogens (tertiary/aromatic N) is 1. The van der Waals surface area contributed by atoms with E-state index in [2.05, 4.69) is 22.9 Å². The van der Waals surface area contributed by atoms with Crippen molar-refractivity contribution in [2.45, 2.75) is 58.0 Å². The van der Waals surface area contributed by atoms with E-state index in [1.54, 1.807) is 6.92 Å². The standard InChI is InChI=1S/C34H40N2O6/c1-5-16-36(4)21-31-19-32(27-14-12-25(22-37)13-15-27)42-34(41-31)30-11-7-10-29(18-30)28-9-6-8-26(17-28)20-35-33(39)23(2)40-24(3)38/h5-15,17-18,23,31-32,34,37H,1,16,19-22H2,2-4H3,(H,35,39)/t23-,31-,32+,34+/m0/s1. The summed E-state index contributed by atoms with van der Waals surface area (Å²) < 4.78 is 18.0. The van der Waals surface area contributed by atoms with Gasteiger partial charge >= 0.3 is 5.97 Å². The number of carbonyl (C=O) groups is 2. The third kappa shape index (κ3) is 8.59. The van der Waals surface area contributed by atoms with Gasteiger partial charge in [-0.1, -0.05) is 66.7 Å². The monoisotopic (exact) mass is 572 g/mol. The molecular formula is C34H40N2O6. The summed E-state index contributed by atoms with van der Waals surface area (Å²) in [5, 5.41) is 12.3. The normalized spacial score (nSPS) is 19.2. The molecule has 8 heteroatoms. The van der Waals surface area contributed by atoms with E-state index in [1.807, 2.05) is 79.9 Å². The first-order valence-electron chi connectivity index (χ1n) is 14.2. The summed E-state index contributed by atoms with van der Waals surface area (Å²) in [4.78, 5) is 25.6. The molecule has 3 aromatic rings. The number of likely N-dealkylation sites (N-methyl/N-ethyl adjacent to an activating group) is 1. The number of hydrogen-bond acceptors (Lipinski definition) is 7. The lowest BCUT2D eigenvalue weighted by Gasteiger charge is -2.37. The minimum atomic E-state index is -0.852. The van der Waals surface area contributed by atoms with Crippen LogP contribution in [0.25, 0.3) is 11.1 Å². The number of benzene rings is 3. The topological polar surface area (TPSA) is 97.3 Å². The van der Waals surface area contributed by atoms with Gasteiger partial charge in [0, 0.05) is 38.5 Å². The van der Waals surface area contributed by atoms with E-state index in [4.69, 9.17) is 14.2 Å². The van der Waals surface area contributed by atoms with Crippen LogP contribution in [0.15, 0.2) is 85.5 Å². The van der Waals surface area contributed by atoms with Crippen LogP contribution in [0.3, 0.4) is 0 Å². The number of aliphatic hydroxyl groups is 1. The fraction of sp³-hybridized carbons (Fsp3) is 0.353. The molecule has 1 saturated heterocycles. The van der Waals surface area contributed by atoms with Crippen molar-refractivity contribution in [3.63, 3.8) is 0 Å². The Kier molecular flexibility index (Phi) is 11.0. The Morgan fingerprint density at radius 2 is 1.76 bits per heavy atom. The van der Waals surface area contributed by atoms with Gasteiger partial charge in [0.15, 0.2) is 12.4 Å². The molecule has 1 fully saturated rings. The number of aliphatic hydroxyl groups excluding tert-OH is 1. The molecule has 3 aromatic carbocycles. The fourth-order valence-electron chi connectivity index (χ4n) is 5.04. The first-order chi connectivity index (χ1) is 20.2. The van der Waals surface area contributed by atoms with Gasteiger partial charge in [-0.3, -0.25) is 9.59 Å². The Bertz CT molecular complexity index is 1360. The number of rotatable bonds is 12. The summed E-state index contributed by atoms with van der Waals surface area (Å²) in [5.74, 6) is -0.843. The molecule has 1 heterocycles. The zero-order valence-electron chi connectivity index (χ0n) is 24.5. The van der Waals surface area contributed by atoms with Crippen molar-refractivity contribution in [2.75, 3.05) is 20.1 Å². The van der Waals surface area contributed by atoms with Gasteiger partial charge in [0.25, 0.3) is 5.91 Å². The van der Waals surface area contributed by atoms with Gasteiger partial charge in [-0.25, -0.2) is 0 Å². The van der Waals surface area contributed by atoms with Crippen LogP contribution >= 0.6 is 0 Å². The summed E-state index contributed by atoms with van der Waals surface area (Å²) >= 11 is 0. The summed E-state index contributed by atoms with van der Waals surface area (Å²) in [6.07, 6.45) is 0.957. The second kappa shape index (κ2) is 14.9. The lowest BCUT2D eigenvalue weighted by Crippen LogP contribution is -2.37. The summed E-state index contributed by atoms with van der Waals surface area (Å²) in [7, 11) is 2.05. The molecule has 0 unspecified atom stereocenters. The molecule has 0 aromatic heterocycles.